The molecule has 0 bridgehead atoms. The van der Waals surface area contributed by atoms with Crippen molar-refractivity contribution in [3.05, 3.63) is 89.5 Å². The topological polar surface area (TPSA) is 105 Å². The van der Waals surface area contributed by atoms with Gasteiger partial charge in [-0.05, 0) is 49.2 Å². The van der Waals surface area contributed by atoms with E-state index in [0.29, 0.717) is 35.7 Å². The molecule has 174 valence electrons. The fourth-order valence-electron chi connectivity index (χ4n) is 4.31. The minimum atomic E-state index is -3.56. The molecule has 9 heteroatoms. The van der Waals surface area contributed by atoms with Gasteiger partial charge in [-0.3, -0.25) is 20.4 Å². The highest BCUT2D eigenvalue weighted by molar-refractivity contribution is 7.89. The molecule has 0 radical (unpaired) electrons. The summed E-state index contributed by atoms with van der Waals surface area (Å²) in [5.41, 5.74) is 6.56. The predicted octanol–water partition coefficient (Wildman–Crippen LogP) is 3.17. The van der Waals surface area contributed by atoms with Crippen LogP contribution in [0.2, 0.25) is 0 Å². The molecule has 2 N–H and O–H groups in total. The maximum Gasteiger partial charge on any atom is 0.269 e. The Morgan fingerprint density at radius 1 is 0.794 bits per heavy atom. The van der Waals surface area contributed by atoms with Gasteiger partial charge < -0.3 is 4.74 Å². The number of hydrogen-bond acceptors (Lipinski definition) is 5. The summed E-state index contributed by atoms with van der Waals surface area (Å²) in [6.07, 6.45) is 1.70. The number of para-hydroxylation sites is 2. The number of benzene rings is 3. The van der Waals surface area contributed by atoms with E-state index in [2.05, 4.69) is 10.9 Å². The maximum atomic E-state index is 13.1. The van der Waals surface area contributed by atoms with Crippen LogP contribution < -0.4 is 15.6 Å². The number of sulfonamides is 1. The Morgan fingerprint density at radius 3 is 1.94 bits per heavy atom. The van der Waals surface area contributed by atoms with Gasteiger partial charge in [-0.2, -0.15) is 4.31 Å². The van der Waals surface area contributed by atoms with Crippen LogP contribution in [0.15, 0.2) is 77.7 Å². The minimum absolute atomic E-state index is 0.144. The molecule has 34 heavy (non-hydrogen) atoms. The lowest BCUT2D eigenvalue weighted by Crippen LogP contribution is -2.44. The third kappa shape index (κ3) is 4.04. The number of ether oxygens (including phenoxy) is 1. The molecule has 0 aromatic heterocycles. The number of fused-ring (bicyclic) bond motifs is 2. The fraction of sp³-hybridized carbons (Fsp3) is 0.200. The molecule has 2 aliphatic heterocycles. The molecule has 0 atom stereocenters. The number of carbonyl (C=O) groups is 2. The Labute approximate surface area is 197 Å². The van der Waals surface area contributed by atoms with E-state index in [-0.39, 0.29) is 10.5 Å². The first kappa shape index (κ1) is 22.1. The normalized spacial score (nSPS) is 15.6. The fourth-order valence-corrected chi connectivity index (χ4v) is 5.83. The van der Waals surface area contributed by atoms with Gasteiger partial charge in [0.1, 0.15) is 11.5 Å². The number of nitrogens with one attached hydrogen (secondary N) is 2. The van der Waals surface area contributed by atoms with Gasteiger partial charge in [-0.15, -0.1) is 0 Å². The van der Waals surface area contributed by atoms with Gasteiger partial charge in [0.2, 0.25) is 10.0 Å². The van der Waals surface area contributed by atoms with Crippen molar-refractivity contribution in [2.45, 2.75) is 23.7 Å². The number of carbonyl (C=O) groups excluding carboxylic acids is 2. The third-order valence-electron chi connectivity index (χ3n) is 6.06. The van der Waals surface area contributed by atoms with Crippen LogP contribution in [0.5, 0.6) is 11.5 Å². The molecule has 0 spiro atoms. The zero-order valence-corrected chi connectivity index (χ0v) is 19.0. The van der Waals surface area contributed by atoms with Crippen molar-refractivity contribution >= 4 is 21.8 Å². The monoisotopic (exact) mass is 477 g/mol. The summed E-state index contributed by atoms with van der Waals surface area (Å²) < 4.78 is 32.7. The highest BCUT2D eigenvalue weighted by Gasteiger charge is 2.32. The summed E-state index contributed by atoms with van der Waals surface area (Å²) >= 11 is 0. The van der Waals surface area contributed by atoms with Gasteiger partial charge in [-0.25, -0.2) is 8.42 Å². The molecule has 0 unspecified atom stereocenters. The first-order chi connectivity index (χ1) is 16.4. The highest BCUT2D eigenvalue weighted by atomic mass is 32.2. The zero-order valence-electron chi connectivity index (χ0n) is 18.2. The highest BCUT2D eigenvalue weighted by Crippen LogP contribution is 2.43. The van der Waals surface area contributed by atoms with E-state index in [1.807, 2.05) is 36.4 Å². The molecule has 3 aromatic carbocycles. The van der Waals surface area contributed by atoms with Gasteiger partial charge in [0.15, 0.2) is 0 Å². The SMILES string of the molecule is O=C(NNC(=O)C1c2ccccc2Oc2ccccc21)c1ccc(S(=O)(=O)N2CCCC2)cc1. The van der Waals surface area contributed by atoms with Crippen molar-refractivity contribution in [2.75, 3.05) is 13.1 Å². The van der Waals surface area contributed by atoms with Crippen LogP contribution in [0, 0.1) is 0 Å². The summed E-state index contributed by atoms with van der Waals surface area (Å²) in [7, 11) is -3.56. The van der Waals surface area contributed by atoms with Crippen molar-refractivity contribution in [1.82, 2.24) is 15.2 Å². The molecule has 5 rings (SSSR count). The average Bonchev–Trinajstić information content (AvgIpc) is 3.42. The first-order valence-corrected chi connectivity index (χ1v) is 12.5. The third-order valence-corrected chi connectivity index (χ3v) is 7.97. The van der Waals surface area contributed by atoms with E-state index in [1.54, 1.807) is 12.1 Å². The summed E-state index contributed by atoms with van der Waals surface area (Å²) in [5.74, 6) is -0.448. The van der Waals surface area contributed by atoms with Crippen molar-refractivity contribution < 1.29 is 22.7 Å². The summed E-state index contributed by atoms with van der Waals surface area (Å²) in [6.45, 7) is 1.02. The standard InChI is InChI=1S/C25H23N3O5S/c29-24(17-11-13-18(14-12-17)34(31,32)28-15-5-6-16-28)26-27-25(30)23-19-7-1-3-9-21(19)33-22-10-4-2-8-20(22)23/h1-4,7-14,23H,5-6,15-16H2,(H,26,29)(H,27,30). The number of hydrogen-bond donors (Lipinski definition) is 2. The van der Waals surface area contributed by atoms with E-state index in [1.165, 1.54) is 28.6 Å². The zero-order chi connectivity index (χ0) is 23.7. The van der Waals surface area contributed by atoms with Crippen LogP contribution in [-0.2, 0) is 14.8 Å². The van der Waals surface area contributed by atoms with E-state index < -0.39 is 27.8 Å². The summed E-state index contributed by atoms with van der Waals surface area (Å²) in [6, 6.07) is 20.2. The van der Waals surface area contributed by atoms with E-state index in [0.717, 1.165) is 12.8 Å². The number of hydrazine groups is 1. The molecule has 2 heterocycles. The molecule has 1 fully saturated rings. The van der Waals surface area contributed by atoms with Gasteiger partial charge in [0.25, 0.3) is 11.8 Å². The minimum Gasteiger partial charge on any atom is -0.457 e. The Balaban J connectivity index is 1.30. The van der Waals surface area contributed by atoms with Gasteiger partial charge in [-0.1, -0.05) is 36.4 Å². The first-order valence-electron chi connectivity index (χ1n) is 11.0. The smallest absolute Gasteiger partial charge is 0.269 e. The Bertz CT molecular complexity index is 1300. The molecule has 8 nitrogen and oxygen atoms in total. The van der Waals surface area contributed by atoms with E-state index in [9.17, 15) is 18.0 Å². The molecular weight excluding hydrogens is 454 g/mol. The lowest BCUT2D eigenvalue weighted by Gasteiger charge is -2.27. The van der Waals surface area contributed by atoms with Gasteiger partial charge >= 0.3 is 0 Å². The average molecular weight is 478 g/mol. The molecular formula is C25H23N3O5S. The van der Waals surface area contributed by atoms with Gasteiger partial charge in [0.05, 0.1) is 10.8 Å². The van der Waals surface area contributed by atoms with Crippen molar-refractivity contribution in [3.8, 4) is 11.5 Å². The quantitative estimate of drug-likeness (QED) is 0.562. The van der Waals surface area contributed by atoms with E-state index in [4.69, 9.17) is 4.74 Å². The van der Waals surface area contributed by atoms with Crippen LogP contribution in [0.1, 0.15) is 40.2 Å². The van der Waals surface area contributed by atoms with Crippen LogP contribution in [0.25, 0.3) is 0 Å². The Hall–Kier alpha value is -3.69. The second kappa shape index (κ2) is 8.92. The Kier molecular flexibility index (Phi) is 5.80. The molecule has 2 aliphatic rings. The van der Waals surface area contributed by atoms with Crippen molar-refractivity contribution in [1.29, 1.82) is 0 Å². The van der Waals surface area contributed by atoms with Crippen LogP contribution in [0.3, 0.4) is 0 Å². The van der Waals surface area contributed by atoms with Crippen LogP contribution in [-0.4, -0.2) is 37.6 Å². The number of amides is 2. The lowest BCUT2D eigenvalue weighted by molar-refractivity contribution is -0.122. The Morgan fingerprint density at radius 2 is 1.35 bits per heavy atom. The molecule has 1 saturated heterocycles. The molecule has 0 aliphatic carbocycles. The lowest BCUT2D eigenvalue weighted by atomic mass is 9.87. The predicted molar refractivity (Wildman–Crippen MR) is 125 cm³/mol. The summed E-state index contributed by atoms with van der Waals surface area (Å²) in [4.78, 5) is 25.9. The molecule has 0 saturated carbocycles. The van der Waals surface area contributed by atoms with E-state index >= 15 is 0 Å². The number of rotatable bonds is 4. The van der Waals surface area contributed by atoms with Crippen LogP contribution >= 0.6 is 0 Å². The van der Waals surface area contributed by atoms with Crippen molar-refractivity contribution in [3.63, 3.8) is 0 Å². The number of nitrogens with zero attached hydrogens (tertiary/aromatic N) is 1. The van der Waals surface area contributed by atoms with Crippen molar-refractivity contribution in [2.24, 2.45) is 0 Å². The second-order valence-corrected chi connectivity index (χ2v) is 10.1. The second-order valence-electron chi connectivity index (χ2n) is 8.19. The van der Waals surface area contributed by atoms with Gasteiger partial charge in [0, 0.05) is 29.8 Å². The molecule has 2 amide bonds. The summed E-state index contributed by atoms with van der Waals surface area (Å²) in [5, 5.41) is 0. The maximum absolute atomic E-state index is 13.1. The van der Waals surface area contributed by atoms with Crippen LogP contribution in [0.4, 0.5) is 0 Å². The largest absolute Gasteiger partial charge is 0.457 e. The molecule has 3 aromatic rings.